The van der Waals surface area contributed by atoms with Crippen LogP contribution in [0.5, 0.6) is 23.0 Å². The Bertz CT molecular complexity index is 1410. The maximum absolute atomic E-state index is 11.2. The first-order chi connectivity index (χ1) is 17.3. The van der Waals surface area contributed by atoms with E-state index in [1.807, 2.05) is 60.7 Å². The van der Waals surface area contributed by atoms with Crippen LogP contribution in [-0.2, 0) is 29.3 Å². The molecule has 37 heavy (non-hydrogen) atoms. The third-order valence-electron chi connectivity index (χ3n) is 6.48. The molecule has 2 aliphatic heterocycles. The van der Waals surface area contributed by atoms with Crippen LogP contribution in [0.4, 0.5) is 0 Å². The molecule has 7 heteroatoms. The number of hydrogen-bond acceptors (Lipinski definition) is 6. The molecule has 0 radical (unpaired) electrons. The van der Waals surface area contributed by atoms with Gasteiger partial charge in [-0.05, 0) is 60.4 Å². The van der Waals surface area contributed by atoms with E-state index in [1.54, 1.807) is 26.0 Å². The number of carbonyl (C=O) groups excluding carboxylic acids is 2. The first-order valence-electron chi connectivity index (χ1n) is 11.5. The Morgan fingerprint density at radius 1 is 0.595 bits per heavy atom. The third-order valence-corrected chi connectivity index (χ3v) is 6.48. The summed E-state index contributed by atoms with van der Waals surface area (Å²) in [4.78, 5) is 22.5. The van der Waals surface area contributed by atoms with E-state index in [9.17, 15) is 19.8 Å². The van der Waals surface area contributed by atoms with Crippen LogP contribution >= 0.6 is 0 Å². The van der Waals surface area contributed by atoms with E-state index in [-0.39, 0.29) is 27.6 Å². The van der Waals surface area contributed by atoms with Gasteiger partial charge in [0.25, 0.3) is 0 Å². The molecule has 0 atom stereocenters. The van der Waals surface area contributed by atoms with E-state index in [4.69, 9.17) is 9.47 Å². The van der Waals surface area contributed by atoms with E-state index < -0.39 is 11.9 Å². The largest absolute Gasteiger partial charge is 2.00 e. The minimum Gasteiger partial charge on any atom is -0.545 e. The first kappa shape index (κ1) is 26.0. The Hall–Kier alpha value is -4.09. The topological polar surface area (TPSA) is 98.7 Å². The van der Waals surface area contributed by atoms with Crippen molar-refractivity contribution >= 4 is 11.9 Å². The maximum atomic E-state index is 11.2. The molecule has 0 saturated heterocycles. The number of carbonyl (C=O) groups is 2. The number of benzene rings is 4. The van der Waals surface area contributed by atoms with Crippen molar-refractivity contribution in [2.24, 2.45) is 0 Å². The third kappa shape index (κ3) is 4.96. The molecule has 2 aliphatic rings. The number of para-hydroxylation sites is 2. The molecule has 4 aromatic carbocycles. The number of aromatic carboxylic acids is 2. The van der Waals surface area contributed by atoms with Gasteiger partial charge in [0.15, 0.2) is 0 Å². The Morgan fingerprint density at radius 3 is 1.35 bits per heavy atom. The molecule has 0 bridgehead atoms. The number of rotatable bonds is 2. The average molecular weight is 537 g/mol. The second kappa shape index (κ2) is 10.5. The Kier molecular flexibility index (Phi) is 7.37. The zero-order chi connectivity index (χ0) is 25.4. The molecular weight excluding hydrogens is 515 g/mol. The molecule has 0 N–H and O–H groups in total. The summed E-state index contributed by atoms with van der Waals surface area (Å²) in [6.45, 7) is 3.54. The zero-order valence-corrected chi connectivity index (χ0v) is 21.1. The van der Waals surface area contributed by atoms with Crippen molar-refractivity contribution in [3.63, 3.8) is 0 Å². The molecule has 0 fully saturated rings. The zero-order valence-electron chi connectivity index (χ0n) is 20.1. The van der Waals surface area contributed by atoms with Crippen LogP contribution in [0.2, 0.25) is 0 Å². The molecule has 4 aromatic rings. The summed E-state index contributed by atoms with van der Waals surface area (Å²) in [5.74, 6) is 0.507. The quantitative estimate of drug-likeness (QED) is 0.309. The maximum Gasteiger partial charge on any atom is 2.00 e. The molecule has 2 heterocycles. The van der Waals surface area contributed by atoms with E-state index in [0.717, 1.165) is 22.6 Å². The fourth-order valence-electron chi connectivity index (χ4n) is 4.72. The molecule has 0 saturated carbocycles. The normalized spacial score (nSPS) is 11.9. The first-order valence-corrected chi connectivity index (χ1v) is 11.5. The van der Waals surface area contributed by atoms with Crippen LogP contribution in [0.15, 0.2) is 72.8 Å². The SMILES string of the molecule is Cc1ccc2c(c1C(=O)[O-])Cc1ccccc1O2.Cc1ccc2c(c1C(=O)[O-])Cc1ccccc1O2.[Ni+2]. The van der Waals surface area contributed by atoms with Gasteiger partial charge in [0.1, 0.15) is 23.0 Å². The predicted octanol–water partition coefficient (Wildman–Crippen LogP) is 4.11. The van der Waals surface area contributed by atoms with Gasteiger partial charge in [0.05, 0.1) is 11.9 Å². The summed E-state index contributed by atoms with van der Waals surface area (Å²) in [7, 11) is 0. The van der Waals surface area contributed by atoms with Crippen LogP contribution in [0, 0.1) is 13.8 Å². The van der Waals surface area contributed by atoms with Crippen molar-refractivity contribution in [2.45, 2.75) is 26.7 Å². The average Bonchev–Trinajstić information content (AvgIpc) is 2.86. The summed E-state index contributed by atoms with van der Waals surface area (Å²) in [5.41, 5.74) is 5.32. The smallest absolute Gasteiger partial charge is 0.545 e. The number of hydrogen-bond donors (Lipinski definition) is 0. The van der Waals surface area contributed by atoms with Crippen molar-refractivity contribution in [2.75, 3.05) is 0 Å². The molecule has 0 spiro atoms. The second-order valence-electron chi connectivity index (χ2n) is 8.82. The molecule has 6 nitrogen and oxygen atoms in total. The Labute approximate surface area is 224 Å². The van der Waals surface area contributed by atoms with Crippen LogP contribution in [0.3, 0.4) is 0 Å². The van der Waals surface area contributed by atoms with Gasteiger partial charge >= 0.3 is 16.5 Å². The van der Waals surface area contributed by atoms with Gasteiger partial charge in [-0.3, -0.25) is 0 Å². The van der Waals surface area contributed by atoms with Crippen LogP contribution in [0.1, 0.15) is 54.1 Å². The molecule has 6 rings (SSSR count). The molecule has 188 valence electrons. The van der Waals surface area contributed by atoms with E-state index in [1.165, 1.54) is 0 Å². The molecule has 0 aromatic heterocycles. The van der Waals surface area contributed by atoms with Crippen LogP contribution < -0.4 is 19.7 Å². The molecule has 0 aliphatic carbocycles. The minimum absolute atomic E-state index is 0. The van der Waals surface area contributed by atoms with Crippen molar-refractivity contribution in [3.05, 3.63) is 117 Å². The number of ether oxygens (including phenoxy) is 2. The van der Waals surface area contributed by atoms with Gasteiger partial charge in [-0.1, -0.05) is 48.5 Å². The van der Waals surface area contributed by atoms with Crippen LogP contribution in [0.25, 0.3) is 0 Å². The summed E-state index contributed by atoms with van der Waals surface area (Å²) in [6.07, 6.45) is 1.13. The fourth-order valence-corrected chi connectivity index (χ4v) is 4.72. The van der Waals surface area contributed by atoms with Gasteiger partial charge in [-0.15, -0.1) is 0 Å². The van der Waals surface area contributed by atoms with Gasteiger partial charge in [0, 0.05) is 35.1 Å². The Balaban J connectivity index is 0.000000168. The minimum atomic E-state index is -1.15. The van der Waals surface area contributed by atoms with Crippen molar-refractivity contribution in [1.82, 2.24) is 0 Å². The van der Waals surface area contributed by atoms with Crippen LogP contribution in [-0.4, -0.2) is 11.9 Å². The summed E-state index contributed by atoms with van der Waals surface area (Å²) < 4.78 is 11.5. The monoisotopic (exact) mass is 536 g/mol. The standard InChI is InChI=1S/2C15H12O3.Ni/c2*1-9-6-7-13-11(14(9)15(16)17)8-10-4-2-3-5-12(10)18-13;/h2*2-7H,8H2,1H3,(H,16,17);/q;;+2/p-2. The number of aryl methyl sites for hydroxylation is 2. The van der Waals surface area contributed by atoms with Crippen molar-refractivity contribution in [1.29, 1.82) is 0 Å². The summed E-state index contributed by atoms with van der Waals surface area (Å²) in [5, 5.41) is 22.5. The Morgan fingerprint density at radius 2 is 0.973 bits per heavy atom. The van der Waals surface area contributed by atoms with Gasteiger partial charge in [-0.25, -0.2) is 0 Å². The second-order valence-corrected chi connectivity index (χ2v) is 8.82. The van der Waals surface area contributed by atoms with Gasteiger partial charge in [-0.2, -0.15) is 0 Å². The number of carboxylic acids is 2. The van der Waals surface area contributed by atoms with Gasteiger partial charge in [0.2, 0.25) is 0 Å². The molecular formula is C30H22NiO6. The molecule has 0 amide bonds. The predicted molar refractivity (Wildman–Crippen MR) is 130 cm³/mol. The molecule has 0 unspecified atom stereocenters. The van der Waals surface area contributed by atoms with Gasteiger partial charge < -0.3 is 29.3 Å². The number of carboxylic acid groups (broad SMARTS) is 2. The van der Waals surface area contributed by atoms with E-state index >= 15 is 0 Å². The number of fused-ring (bicyclic) bond motifs is 4. The summed E-state index contributed by atoms with van der Waals surface area (Å²) in [6, 6.07) is 22.4. The van der Waals surface area contributed by atoms with Crippen molar-refractivity contribution in [3.8, 4) is 23.0 Å². The van der Waals surface area contributed by atoms with E-state index in [2.05, 4.69) is 0 Å². The summed E-state index contributed by atoms with van der Waals surface area (Å²) >= 11 is 0. The van der Waals surface area contributed by atoms with Crippen molar-refractivity contribution < 1.29 is 45.8 Å². The fraction of sp³-hybridized carbons (Fsp3) is 0.133. The van der Waals surface area contributed by atoms with E-state index in [0.29, 0.717) is 46.6 Å².